The smallest absolute Gasteiger partial charge is 0.407 e. The lowest BCUT2D eigenvalue weighted by Crippen LogP contribution is -2.24. The molecule has 2 N–H and O–H groups in total. The SMILES string of the molecule is Cc1[nH]c(-c2nnc(CN(C)C(=O)O)o2)c(C)c1C(=O)c1cccc(Br)c1. The first kappa shape index (κ1) is 18.8. The third-order valence-corrected chi connectivity index (χ3v) is 4.62. The van der Waals surface area contributed by atoms with E-state index in [-0.39, 0.29) is 24.1 Å². The standard InChI is InChI=1S/C18H17BrN4O4/c1-9-14(16(24)11-5-4-6-12(19)7-11)10(2)20-15(9)17-22-21-13(27-17)8-23(3)18(25)26/h4-7,20H,8H2,1-3H3,(H,25,26). The number of halogens is 1. The van der Waals surface area contributed by atoms with Crippen molar-refractivity contribution in [3.63, 3.8) is 0 Å². The Hall–Kier alpha value is -2.94. The number of carbonyl (C=O) groups is 2. The predicted molar refractivity (Wildman–Crippen MR) is 101 cm³/mol. The van der Waals surface area contributed by atoms with Crippen LogP contribution in [0.1, 0.15) is 33.1 Å². The molecular weight excluding hydrogens is 416 g/mol. The summed E-state index contributed by atoms with van der Waals surface area (Å²) in [6, 6.07) is 7.18. The zero-order valence-corrected chi connectivity index (χ0v) is 16.5. The molecule has 0 saturated heterocycles. The molecule has 0 radical (unpaired) electrons. The van der Waals surface area contributed by atoms with Crippen LogP contribution in [0.25, 0.3) is 11.6 Å². The second-order valence-electron chi connectivity index (χ2n) is 6.10. The van der Waals surface area contributed by atoms with Gasteiger partial charge in [-0.3, -0.25) is 4.79 Å². The maximum Gasteiger partial charge on any atom is 0.407 e. The van der Waals surface area contributed by atoms with Crippen molar-refractivity contribution in [2.24, 2.45) is 0 Å². The van der Waals surface area contributed by atoms with Crippen molar-refractivity contribution in [2.45, 2.75) is 20.4 Å². The maximum absolute atomic E-state index is 12.9. The number of amides is 1. The summed E-state index contributed by atoms with van der Waals surface area (Å²) in [5, 5.41) is 16.8. The van der Waals surface area contributed by atoms with Gasteiger partial charge in [-0.25, -0.2) is 4.79 Å². The first-order valence-electron chi connectivity index (χ1n) is 8.04. The lowest BCUT2D eigenvalue weighted by Gasteiger charge is -2.08. The van der Waals surface area contributed by atoms with E-state index < -0.39 is 6.09 Å². The average molecular weight is 433 g/mol. The number of aromatic amines is 1. The van der Waals surface area contributed by atoms with E-state index in [9.17, 15) is 9.59 Å². The highest BCUT2D eigenvalue weighted by atomic mass is 79.9. The van der Waals surface area contributed by atoms with Crippen molar-refractivity contribution in [3.8, 4) is 11.6 Å². The maximum atomic E-state index is 12.9. The summed E-state index contributed by atoms with van der Waals surface area (Å²) in [4.78, 5) is 28.0. The number of nitrogens with one attached hydrogen (secondary N) is 1. The molecule has 8 nitrogen and oxygen atoms in total. The molecule has 3 aromatic rings. The number of aryl methyl sites for hydroxylation is 1. The number of hydrogen-bond donors (Lipinski definition) is 2. The van der Waals surface area contributed by atoms with Gasteiger partial charge in [0.1, 0.15) is 12.2 Å². The van der Waals surface area contributed by atoms with E-state index in [1.54, 1.807) is 32.0 Å². The van der Waals surface area contributed by atoms with E-state index in [0.717, 1.165) is 9.37 Å². The minimum absolute atomic E-state index is 0.0229. The van der Waals surface area contributed by atoms with Gasteiger partial charge in [0.05, 0.1) is 0 Å². The Morgan fingerprint density at radius 1 is 1.30 bits per heavy atom. The summed E-state index contributed by atoms with van der Waals surface area (Å²) in [7, 11) is 1.41. The van der Waals surface area contributed by atoms with Crippen LogP contribution >= 0.6 is 15.9 Å². The minimum Gasteiger partial charge on any atom is -0.465 e. The van der Waals surface area contributed by atoms with Crippen molar-refractivity contribution in [3.05, 3.63) is 57.0 Å². The van der Waals surface area contributed by atoms with E-state index in [2.05, 4.69) is 31.1 Å². The summed E-state index contributed by atoms with van der Waals surface area (Å²) >= 11 is 3.38. The fraction of sp³-hybridized carbons (Fsp3) is 0.222. The summed E-state index contributed by atoms with van der Waals surface area (Å²) in [6.45, 7) is 3.58. The first-order valence-corrected chi connectivity index (χ1v) is 8.83. The molecule has 27 heavy (non-hydrogen) atoms. The van der Waals surface area contributed by atoms with Crippen molar-refractivity contribution in [2.75, 3.05) is 7.05 Å². The summed E-state index contributed by atoms with van der Waals surface area (Å²) in [6.07, 6.45) is -1.09. The van der Waals surface area contributed by atoms with Gasteiger partial charge < -0.3 is 19.4 Å². The normalized spacial score (nSPS) is 10.8. The van der Waals surface area contributed by atoms with Gasteiger partial charge in [0, 0.05) is 28.3 Å². The Bertz CT molecular complexity index is 1020. The minimum atomic E-state index is -1.09. The van der Waals surface area contributed by atoms with Gasteiger partial charge in [-0.2, -0.15) is 0 Å². The van der Waals surface area contributed by atoms with Crippen LogP contribution in [-0.4, -0.2) is 44.1 Å². The number of carbonyl (C=O) groups excluding carboxylic acids is 1. The van der Waals surface area contributed by atoms with Crippen LogP contribution in [0.3, 0.4) is 0 Å². The van der Waals surface area contributed by atoms with Crippen LogP contribution in [0, 0.1) is 13.8 Å². The number of ketones is 1. The first-order chi connectivity index (χ1) is 12.8. The van der Waals surface area contributed by atoms with E-state index in [1.165, 1.54) is 7.05 Å². The second kappa shape index (κ2) is 7.36. The van der Waals surface area contributed by atoms with E-state index in [0.29, 0.717) is 28.1 Å². The quantitative estimate of drug-likeness (QED) is 0.593. The zero-order valence-electron chi connectivity index (χ0n) is 14.9. The molecule has 1 aromatic carbocycles. The molecule has 0 atom stereocenters. The molecule has 0 saturated carbocycles. The highest BCUT2D eigenvalue weighted by Crippen LogP contribution is 2.29. The van der Waals surface area contributed by atoms with Gasteiger partial charge in [-0.1, -0.05) is 28.1 Å². The molecule has 0 aliphatic rings. The molecule has 2 aromatic heterocycles. The third kappa shape index (κ3) is 3.77. The van der Waals surface area contributed by atoms with Gasteiger partial charge in [0.25, 0.3) is 5.89 Å². The number of aromatic nitrogens is 3. The van der Waals surface area contributed by atoms with E-state index >= 15 is 0 Å². The topological polar surface area (TPSA) is 112 Å². The fourth-order valence-corrected chi connectivity index (χ4v) is 3.17. The Kier molecular flexibility index (Phi) is 5.13. The van der Waals surface area contributed by atoms with Crippen molar-refractivity contribution >= 4 is 27.8 Å². The molecule has 0 bridgehead atoms. The monoisotopic (exact) mass is 432 g/mol. The highest BCUT2D eigenvalue weighted by molar-refractivity contribution is 9.10. The number of nitrogens with zero attached hydrogens (tertiary/aromatic N) is 3. The zero-order chi connectivity index (χ0) is 19.7. The number of hydrogen-bond acceptors (Lipinski definition) is 5. The van der Waals surface area contributed by atoms with Crippen molar-refractivity contribution in [1.82, 2.24) is 20.1 Å². The highest BCUT2D eigenvalue weighted by Gasteiger charge is 2.23. The number of carboxylic acid groups (broad SMARTS) is 1. The van der Waals surface area contributed by atoms with Crippen LogP contribution in [0.5, 0.6) is 0 Å². The summed E-state index contributed by atoms with van der Waals surface area (Å²) < 4.78 is 6.39. The van der Waals surface area contributed by atoms with Gasteiger partial charge in [0.2, 0.25) is 5.89 Å². The van der Waals surface area contributed by atoms with Crippen molar-refractivity contribution < 1.29 is 19.1 Å². The molecule has 0 fully saturated rings. The van der Waals surface area contributed by atoms with E-state index in [1.807, 2.05) is 6.07 Å². The van der Waals surface area contributed by atoms with Crippen molar-refractivity contribution in [1.29, 1.82) is 0 Å². The molecule has 0 aliphatic heterocycles. The fourth-order valence-electron chi connectivity index (χ4n) is 2.77. The summed E-state index contributed by atoms with van der Waals surface area (Å²) in [5.74, 6) is 0.262. The largest absolute Gasteiger partial charge is 0.465 e. The van der Waals surface area contributed by atoms with Crippen LogP contribution < -0.4 is 0 Å². The van der Waals surface area contributed by atoms with Crippen LogP contribution in [0.15, 0.2) is 33.2 Å². The van der Waals surface area contributed by atoms with Gasteiger partial charge in [-0.05, 0) is 31.5 Å². The molecule has 0 aliphatic carbocycles. The number of H-pyrrole nitrogens is 1. The second-order valence-corrected chi connectivity index (χ2v) is 7.02. The average Bonchev–Trinajstić information content (AvgIpc) is 3.18. The third-order valence-electron chi connectivity index (χ3n) is 4.13. The van der Waals surface area contributed by atoms with Gasteiger partial charge >= 0.3 is 6.09 Å². The molecule has 1 amide bonds. The Morgan fingerprint density at radius 3 is 2.70 bits per heavy atom. The molecular formula is C18H17BrN4O4. The van der Waals surface area contributed by atoms with Crippen LogP contribution in [-0.2, 0) is 6.54 Å². The molecule has 2 heterocycles. The lowest BCUT2D eigenvalue weighted by atomic mass is 10.00. The summed E-state index contributed by atoms with van der Waals surface area (Å²) in [5.41, 5.74) is 3.04. The Balaban J connectivity index is 1.93. The predicted octanol–water partition coefficient (Wildman–Crippen LogP) is 3.78. The molecule has 0 spiro atoms. The number of rotatable bonds is 5. The Labute approximate surface area is 163 Å². The molecule has 9 heteroatoms. The van der Waals surface area contributed by atoms with Crippen LogP contribution in [0.2, 0.25) is 0 Å². The lowest BCUT2D eigenvalue weighted by molar-refractivity contribution is 0.103. The number of benzene rings is 1. The van der Waals surface area contributed by atoms with Gasteiger partial charge in [0.15, 0.2) is 5.78 Å². The van der Waals surface area contributed by atoms with Crippen LogP contribution in [0.4, 0.5) is 4.79 Å². The Morgan fingerprint density at radius 2 is 2.04 bits per heavy atom. The molecule has 0 unspecified atom stereocenters. The van der Waals surface area contributed by atoms with Gasteiger partial charge in [-0.15, -0.1) is 10.2 Å². The molecule has 140 valence electrons. The van der Waals surface area contributed by atoms with E-state index in [4.69, 9.17) is 9.52 Å². The molecule has 3 rings (SSSR count).